The molecule has 0 N–H and O–H groups in total. The van der Waals surface area contributed by atoms with E-state index in [4.69, 9.17) is 8.92 Å². The number of ether oxygens (including phenoxy) is 1. The molecule has 150 valence electrons. The average Bonchev–Trinajstić information content (AvgIpc) is 2.61. The van der Waals surface area contributed by atoms with Gasteiger partial charge in [-0.1, -0.05) is 17.7 Å². The molecule has 1 aromatic carbocycles. The number of aryl methyl sites for hydroxylation is 1. The number of amides is 1. The van der Waals surface area contributed by atoms with Crippen molar-refractivity contribution in [2.24, 2.45) is 5.92 Å². The van der Waals surface area contributed by atoms with Crippen molar-refractivity contribution in [1.29, 1.82) is 0 Å². The highest BCUT2D eigenvalue weighted by Crippen LogP contribution is 2.22. The Kier molecular flexibility index (Phi) is 7.38. The van der Waals surface area contributed by atoms with Crippen molar-refractivity contribution in [1.82, 2.24) is 4.90 Å². The summed E-state index contributed by atoms with van der Waals surface area (Å²) < 4.78 is 34.4. The standard InChI is InChI=1S/C19H27NO6S/c1-14-4-6-18(7-5-14)27(23,24)25-13-10-17-8-11-20(12-9-17)19(22)15(2)26-16(3)21/h4-7,15,17H,8-13H2,1-3H3/t15-/m0/s1. The fourth-order valence-corrected chi connectivity index (χ4v) is 4.02. The van der Waals surface area contributed by atoms with Crippen molar-refractivity contribution in [3.05, 3.63) is 29.8 Å². The molecular formula is C19H27NO6S. The number of carbonyl (C=O) groups is 2. The summed E-state index contributed by atoms with van der Waals surface area (Å²) in [5.41, 5.74) is 0.985. The van der Waals surface area contributed by atoms with Crippen LogP contribution in [0, 0.1) is 12.8 Å². The molecule has 1 atom stereocenters. The van der Waals surface area contributed by atoms with Gasteiger partial charge in [-0.2, -0.15) is 8.42 Å². The van der Waals surface area contributed by atoms with E-state index < -0.39 is 22.2 Å². The fourth-order valence-electron chi connectivity index (χ4n) is 3.10. The highest BCUT2D eigenvalue weighted by molar-refractivity contribution is 7.86. The van der Waals surface area contributed by atoms with Gasteiger partial charge in [-0.25, -0.2) is 0 Å². The first-order valence-corrected chi connectivity index (χ1v) is 10.5. The monoisotopic (exact) mass is 397 g/mol. The van der Waals surface area contributed by atoms with E-state index in [0.717, 1.165) is 18.4 Å². The van der Waals surface area contributed by atoms with Crippen molar-refractivity contribution in [3.8, 4) is 0 Å². The van der Waals surface area contributed by atoms with Crippen molar-refractivity contribution < 1.29 is 26.9 Å². The van der Waals surface area contributed by atoms with Gasteiger partial charge in [0.25, 0.3) is 16.0 Å². The second kappa shape index (κ2) is 9.32. The third-order valence-corrected chi connectivity index (χ3v) is 6.02. The van der Waals surface area contributed by atoms with E-state index in [9.17, 15) is 18.0 Å². The predicted molar refractivity (Wildman–Crippen MR) is 99.5 cm³/mol. The largest absolute Gasteiger partial charge is 0.453 e. The summed E-state index contributed by atoms with van der Waals surface area (Å²) >= 11 is 0. The Bertz CT molecular complexity index is 751. The van der Waals surface area contributed by atoms with E-state index in [2.05, 4.69) is 0 Å². The Balaban J connectivity index is 1.75. The van der Waals surface area contributed by atoms with Gasteiger partial charge in [0.2, 0.25) is 0 Å². The zero-order valence-corrected chi connectivity index (χ0v) is 16.8. The third kappa shape index (κ3) is 6.32. The highest BCUT2D eigenvalue weighted by Gasteiger charge is 2.27. The van der Waals surface area contributed by atoms with Crippen molar-refractivity contribution >= 4 is 22.0 Å². The summed E-state index contributed by atoms with van der Waals surface area (Å²) in [5, 5.41) is 0. The average molecular weight is 397 g/mol. The van der Waals surface area contributed by atoms with Crippen LogP contribution in [0.4, 0.5) is 0 Å². The molecule has 0 bridgehead atoms. The summed E-state index contributed by atoms with van der Waals surface area (Å²) in [7, 11) is -3.74. The van der Waals surface area contributed by atoms with Crippen LogP contribution < -0.4 is 0 Å². The van der Waals surface area contributed by atoms with Gasteiger partial charge in [0.1, 0.15) is 0 Å². The number of piperidine rings is 1. The van der Waals surface area contributed by atoms with Gasteiger partial charge in [0.15, 0.2) is 6.10 Å². The minimum Gasteiger partial charge on any atom is -0.453 e. The topological polar surface area (TPSA) is 90.0 Å². The molecule has 1 aliphatic rings. The quantitative estimate of drug-likeness (QED) is 0.518. The van der Waals surface area contributed by atoms with Gasteiger partial charge in [-0.15, -0.1) is 0 Å². The van der Waals surface area contributed by atoms with E-state index in [1.807, 2.05) is 6.92 Å². The molecule has 2 rings (SSSR count). The number of likely N-dealkylation sites (tertiary alicyclic amines) is 1. The van der Waals surface area contributed by atoms with Crippen molar-refractivity contribution in [2.75, 3.05) is 19.7 Å². The predicted octanol–water partition coefficient (Wildman–Crippen LogP) is 2.28. The maximum atomic E-state index is 12.2. The molecule has 27 heavy (non-hydrogen) atoms. The van der Waals surface area contributed by atoms with Crippen LogP contribution in [0.1, 0.15) is 38.7 Å². The summed E-state index contributed by atoms with van der Waals surface area (Å²) in [4.78, 5) is 25.0. The van der Waals surface area contributed by atoms with Crippen LogP contribution in [0.2, 0.25) is 0 Å². The zero-order chi connectivity index (χ0) is 20.0. The minimum atomic E-state index is -3.74. The molecule has 7 nitrogen and oxygen atoms in total. The number of carbonyl (C=O) groups excluding carboxylic acids is 2. The lowest BCUT2D eigenvalue weighted by molar-refractivity contribution is -0.158. The number of esters is 1. The van der Waals surface area contributed by atoms with Gasteiger partial charge < -0.3 is 9.64 Å². The Morgan fingerprint density at radius 2 is 1.78 bits per heavy atom. The number of rotatable bonds is 7. The van der Waals surface area contributed by atoms with E-state index in [1.54, 1.807) is 36.1 Å². The third-order valence-electron chi connectivity index (χ3n) is 4.69. The van der Waals surface area contributed by atoms with E-state index in [0.29, 0.717) is 25.4 Å². The molecule has 0 unspecified atom stereocenters. The lowest BCUT2D eigenvalue weighted by Crippen LogP contribution is -2.44. The fraction of sp³-hybridized carbons (Fsp3) is 0.579. The normalized spacial score (nSPS) is 16.8. The van der Waals surface area contributed by atoms with Gasteiger partial charge in [-0.3, -0.25) is 13.8 Å². The summed E-state index contributed by atoms with van der Waals surface area (Å²) in [5.74, 6) is -0.370. The lowest BCUT2D eigenvalue weighted by atomic mass is 9.94. The first-order chi connectivity index (χ1) is 12.7. The number of benzene rings is 1. The molecule has 0 aliphatic carbocycles. The molecule has 0 radical (unpaired) electrons. The molecule has 1 aliphatic heterocycles. The van der Waals surface area contributed by atoms with E-state index in [1.165, 1.54) is 6.92 Å². The zero-order valence-electron chi connectivity index (χ0n) is 16.0. The highest BCUT2D eigenvalue weighted by atomic mass is 32.2. The molecule has 0 spiro atoms. The maximum Gasteiger partial charge on any atom is 0.303 e. The second-order valence-electron chi connectivity index (χ2n) is 6.90. The Morgan fingerprint density at radius 3 is 2.33 bits per heavy atom. The minimum absolute atomic E-state index is 0.124. The molecular weight excluding hydrogens is 370 g/mol. The van der Waals surface area contributed by atoms with Crippen LogP contribution in [0.15, 0.2) is 29.2 Å². The van der Waals surface area contributed by atoms with Crippen LogP contribution >= 0.6 is 0 Å². The summed E-state index contributed by atoms with van der Waals surface area (Å²) in [6.07, 6.45) is 1.38. The van der Waals surface area contributed by atoms with Crippen molar-refractivity contribution in [2.45, 2.75) is 51.0 Å². The molecule has 1 fully saturated rings. The first kappa shape index (κ1) is 21.4. The van der Waals surface area contributed by atoms with Gasteiger partial charge in [0.05, 0.1) is 11.5 Å². The Labute approximate surface area is 160 Å². The van der Waals surface area contributed by atoms with E-state index in [-0.39, 0.29) is 17.4 Å². The second-order valence-corrected chi connectivity index (χ2v) is 8.51. The molecule has 1 heterocycles. The smallest absolute Gasteiger partial charge is 0.303 e. The Hall–Kier alpha value is -1.93. The first-order valence-electron chi connectivity index (χ1n) is 9.11. The van der Waals surface area contributed by atoms with Crippen LogP contribution in [0.3, 0.4) is 0 Å². The lowest BCUT2D eigenvalue weighted by Gasteiger charge is -2.33. The van der Waals surface area contributed by atoms with E-state index >= 15 is 0 Å². The van der Waals surface area contributed by atoms with Crippen LogP contribution in [0.5, 0.6) is 0 Å². The van der Waals surface area contributed by atoms with Gasteiger partial charge in [0, 0.05) is 20.0 Å². The van der Waals surface area contributed by atoms with Gasteiger partial charge >= 0.3 is 5.97 Å². The molecule has 1 amide bonds. The molecule has 0 saturated carbocycles. The maximum absolute atomic E-state index is 12.2. The molecule has 1 aromatic rings. The van der Waals surface area contributed by atoms with Crippen LogP contribution in [-0.4, -0.2) is 51.0 Å². The summed E-state index contributed by atoms with van der Waals surface area (Å²) in [6.45, 7) is 6.00. The van der Waals surface area contributed by atoms with Crippen molar-refractivity contribution in [3.63, 3.8) is 0 Å². The molecule has 8 heteroatoms. The van der Waals surface area contributed by atoms with Gasteiger partial charge in [-0.05, 0) is 51.2 Å². The number of hydrogen-bond acceptors (Lipinski definition) is 6. The summed E-state index contributed by atoms with van der Waals surface area (Å²) in [6, 6.07) is 6.55. The number of nitrogens with zero attached hydrogens (tertiary/aromatic N) is 1. The molecule has 1 saturated heterocycles. The molecule has 0 aromatic heterocycles. The number of hydrogen-bond donors (Lipinski definition) is 0. The van der Waals surface area contributed by atoms with Crippen LogP contribution in [0.25, 0.3) is 0 Å². The van der Waals surface area contributed by atoms with Crippen LogP contribution in [-0.2, 0) is 28.6 Å². The Morgan fingerprint density at radius 1 is 1.19 bits per heavy atom. The SMILES string of the molecule is CC(=O)O[C@@H](C)C(=O)N1CCC(CCOS(=O)(=O)c2ccc(C)cc2)CC1.